The maximum Gasteiger partial charge on any atom is 0.223 e. The smallest absolute Gasteiger partial charge is 0.223 e. The third-order valence-corrected chi connectivity index (χ3v) is 7.82. The number of carbonyl (C=O) groups is 1. The SMILES string of the molecule is CCn1ncc(C(=O)c2cc(C)c3c(c2C)C(=NOC)CCS3(=O)=O)c1OCc1ccccc1. The van der Waals surface area contributed by atoms with Crippen LogP contribution in [0.2, 0.25) is 0 Å². The number of oxime groups is 1. The Morgan fingerprint density at radius 2 is 1.91 bits per heavy atom. The van der Waals surface area contributed by atoms with Crippen molar-refractivity contribution in [3.8, 4) is 5.88 Å². The summed E-state index contributed by atoms with van der Waals surface area (Å²) in [4.78, 5) is 18.9. The third-order valence-electron chi connectivity index (χ3n) is 5.93. The van der Waals surface area contributed by atoms with Gasteiger partial charge in [-0.05, 0) is 43.5 Å². The molecule has 1 aliphatic heterocycles. The quantitative estimate of drug-likeness (QED) is 0.375. The van der Waals surface area contributed by atoms with Crippen molar-refractivity contribution in [1.29, 1.82) is 0 Å². The summed E-state index contributed by atoms with van der Waals surface area (Å²) in [5, 5.41) is 8.40. The molecule has 3 aromatic rings. The third kappa shape index (κ3) is 4.23. The lowest BCUT2D eigenvalue weighted by Crippen LogP contribution is -2.26. The van der Waals surface area contributed by atoms with E-state index in [9.17, 15) is 13.2 Å². The molecule has 0 aliphatic carbocycles. The van der Waals surface area contributed by atoms with Gasteiger partial charge in [0.15, 0.2) is 15.6 Å². The van der Waals surface area contributed by atoms with Crippen molar-refractivity contribution in [2.45, 2.75) is 45.2 Å². The molecule has 2 aromatic carbocycles. The molecule has 0 fully saturated rings. The van der Waals surface area contributed by atoms with E-state index in [4.69, 9.17) is 9.57 Å². The van der Waals surface area contributed by atoms with Gasteiger partial charge in [0.05, 0.1) is 22.6 Å². The van der Waals surface area contributed by atoms with E-state index in [0.717, 1.165) is 5.56 Å². The maximum absolute atomic E-state index is 13.7. The fraction of sp³-hybridized carbons (Fsp3) is 0.320. The van der Waals surface area contributed by atoms with Gasteiger partial charge < -0.3 is 9.57 Å². The summed E-state index contributed by atoms with van der Waals surface area (Å²) in [5.41, 5.74) is 3.70. The fourth-order valence-electron chi connectivity index (χ4n) is 4.31. The van der Waals surface area contributed by atoms with Crippen molar-refractivity contribution in [1.82, 2.24) is 9.78 Å². The zero-order chi connectivity index (χ0) is 24.5. The molecule has 0 bridgehead atoms. The Labute approximate surface area is 199 Å². The lowest BCUT2D eigenvalue weighted by atomic mass is 9.91. The molecular weight excluding hydrogens is 454 g/mol. The molecule has 0 radical (unpaired) electrons. The second-order valence-corrected chi connectivity index (χ2v) is 10.2. The van der Waals surface area contributed by atoms with Crippen LogP contribution in [0, 0.1) is 13.8 Å². The largest absolute Gasteiger partial charge is 0.472 e. The highest BCUT2D eigenvalue weighted by Crippen LogP contribution is 2.35. The Kier molecular flexibility index (Phi) is 6.56. The Balaban J connectivity index is 1.80. The first kappa shape index (κ1) is 23.7. The maximum atomic E-state index is 13.7. The number of fused-ring (bicyclic) bond motifs is 1. The first-order valence-corrected chi connectivity index (χ1v) is 12.7. The number of hydrogen-bond donors (Lipinski definition) is 0. The van der Waals surface area contributed by atoms with Gasteiger partial charge in [-0.25, -0.2) is 13.1 Å². The first-order chi connectivity index (χ1) is 16.3. The number of ether oxygens (including phenoxy) is 1. The van der Waals surface area contributed by atoms with Crippen molar-refractivity contribution >= 4 is 21.3 Å². The molecule has 4 rings (SSSR count). The molecule has 34 heavy (non-hydrogen) atoms. The number of hydrogen-bond acceptors (Lipinski definition) is 7. The molecule has 8 nitrogen and oxygen atoms in total. The molecule has 0 saturated heterocycles. The molecule has 0 unspecified atom stereocenters. The molecule has 9 heteroatoms. The van der Waals surface area contributed by atoms with Crippen LogP contribution in [-0.4, -0.2) is 42.6 Å². The average Bonchev–Trinajstić information content (AvgIpc) is 3.24. The number of rotatable bonds is 7. The van der Waals surface area contributed by atoms with Gasteiger partial charge in [0.25, 0.3) is 0 Å². The Morgan fingerprint density at radius 3 is 2.59 bits per heavy atom. The van der Waals surface area contributed by atoms with Gasteiger partial charge >= 0.3 is 0 Å². The van der Waals surface area contributed by atoms with Gasteiger partial charge in [-0.2, -0.15) is 5.10 Å². The normalized spacial score (nSPS) is 15.7. The fourth-order valence-corrected chi connectivity index (χ4v) is 6.11. The number of carbonyl (C=O) groups excluding carboxylic acids is 1. The Morgan fingerprint density at radius 1 is 1.18 bits per heavy atom. The van der Waals surface area contributed by atoms with Crippen LogP contribution in [0.3, 0.4) is 0 Å². The average molecular weight is 482 g/mol. The van der Waals surface area contributed by atoms with Crippen LogP contribution in [0.15, 0.2) is 52.6 Å². The number of aryl methyl sites for hydroxylation is 2. The minimum atomic E-state index is -3.49. The lowest BCUT2D eigenvalue weighted by Gasteiger charge is -2.23. The van der Waals surface area contributed by atoms with Crippen molar-refractivity contribution in [3.05, 3.63) is 76.0 Å². The van der Waals surface area contributed by atoms with E-state index in [-0.39, 0.29) is 29.5 Å². The topological polar surface area (TPSA) is 99.9 Å². The van der Waals surface area contributed by atoms with Crippen molar-refractivity contribution in [2.75, 3.05) is 12.9 Å². The highest BCUT2D eigenvalue weighted by atomic mass is 32.2. The molecule has 2 heterocycles. The van der Waals surface area contributed by atoms with Crippen LogP contribution >= 0.6 is 0 Å². The second kappa shape index (κ2) is 9.42. The molecule has 0 atom stereocenters. The van der Waals surface area contributed by atoms with Gasteiger partial charge in [-0.15, -0.1) is 0 Å². The Bertz CT molecular complexity index is 1380. The molecular formula is C25H27N3O5S. The minimum absolute atomic E-state index is 0.0451. The van der Waals surface area contributed by atoms with Gasteiger partial charge in [0.1, 0.15) is 19.3 Å². The van der Waals surface area contributed by atoms with E-state index in [0.29, 0.717) is 46.0 Å². The number of ketones is 1. The predicted octanol–water partition coefficient (Wildman–Crippen LogP) is 3.86. The summed E-state index contributed by atoms with van der Waals surface area (Å²) in [6.45, 7) is 6.18. The molecule has 0 N–H and O–H groups in total. The number of aromatic nitrogens is 2. The molecule has 1 aliphatic rings. The van der Waals surface area contributed by atoms with E-state index >= 15 is 0 Å². The zero-order valence-electron chi connectivity index (χ0n) is 19.7. The molecule has 0 amide bonds. The van der Waals surface area contributed by atoms with Crippen LogP contribution in [0.1, 0.15) is 51.5 Å². The van der Waals surface area contributed by atoms with E-state index < -0.39 is 9.84 Å². The van der Waals surface area contributed by atoms with Crippen LogP contribution in [0.4, 0.5) is 0 Å². The second-order valence-electron chi connectivity index (χ2n) is 8.14. The molecule has 0 saturated carbocycles. The number of nitrogens with zero attached hydrogens (tertiary/aromatic N) is 3. The van der Waals surface area contributed by atoms with Gasteiger partial charge in [-0.1, -0.05) is 35.5 Å². The monoisotopic (exact) mass is 481 g/mol. The summed E-state index contributed by atoms with van der Waals surface area (Å²) in [5.74, 6) is 0.0479. The van der Waals surface area contributed by atoms with E-state index in [1.807, 2.05) is 37.3 Å². The molecule has 1 aromatic heterocycles. The summed E-state index contributed by atoms with van der Waals surface area (Å²) in [7, 11) is -2.07. The highest BCUT2D eigenvalue weighted by molar-refractivity contribution is 7.91. The van der Waals surface area contributed by atoms with Crippen LogP contribution in [0.25, 0.3) is 0 Å². The number of sulfone groups is 1. The minimum Gasteiger partial charge on any atom is -0.472 e. The van der Waals surface area contributed by atoms with Crippen molar-refractivity contribution in [3.63, 3.8) is 0 Å². The van der Waals surface area contributed by atoms with Crippen LogP contribution in [0.5, 0.6) is 5.88 Å². The molecule has 178 valence electrons. The summed E-state index contributed by atoms with van der Waals surface area (Å²) in [6.07, 6.45) is 1.72. The van der Waals surface area contributed by atoms with E-state index in [1.54, 1.807) is 24.6 Å². The van der Waals surface area contributed by atoms with Crippen LogP contribution in [-0.2, 0) is 27.8 Å². The first-order valence-electron chi connectivity index (χ1n) is 11.0. The summed E-state index contributed by atoms with van der Waals surface area (Å²) < 4.78 is 33.4. The summed E-state index contributed by atoms with van der Waals surface area (Å²) >= 11 is 0. The van der Waals surface area contributed by atoms with E-state index in [1.165, 1.54) is 13.3 Å². The lowest BCUT2D eigenvalue weighted by molar-refractivity contribution is 0.103. The van der Waals surface area contributed by atoms with E-state index in [2.05, 4.69) is 10.3 Å². The highest BCUT2D eigenvalue weighted by Gasteiger charge is 2.34. The molecule has 0 spiro atoms. The van der Waals surface area contributed by atoms with Crippen LogP contribution < -0.4 is 4.74 Å². The predicted molar refractivity (Wildman–Crippen MR) is 128 cm³/mol. The summed E-state index contributed by atoms with van der Waals surface area (Å²) in [6, 6.07) is 11.3. The van der Waals surface area contributed by atoms with Gasteiger partial charge in [-0.3, -0.25) is 4.79 Å². The van der Waals surface area contributed by atoms with Crippen molar-refractivity contribution in [2.24, 2.45) is 5.16 Å². The van der Waals surface area contributed by atoms with Gasteiger partial charge in [0.2, 0.25) is 5.88 Å². The van der Waals surface area contributed by atoms with Crippen molar-refractivity contribution < 1.29 is 22.8 Å². The number of benzene rings is 2. The van der Waals surface area contributed by atoms with Gasteiger partial charge in [0, 0.05) is 24.1 Å². The zero-order valence-corrected chi connectivity index (χ0v) is 20.5. The Hall–Kier alpha value is -3.46. The standard InChI is InChI=1S/C25H27N3O5S/c1-5-28-25(33-15-18-9-7-6-8-10-18)20(14-26-28)23(29)19-13-16(2)24-22(17(19)3)21(27-32-4)11-12-34(24,30)31/h6-10,13-14H,5,11-12,15H2,1-4H3.